The van der Waals surface area contributed by atoms with Gasteiger partial charge in [0.15, 0.2) is 9.84 Å². The fraction of sp³-hybridized carbons (Fsp3) is 0.750. The van der Waals surface area contributed by atoms with Crippen LogP contribution in [0.25, 0.3) is 0 Å². The van der Waals surface area contributed by atoms with Crippen molar-refractivity contribution in [2.75, 3.05) is 17.2 Å². The number of rotatable bonds is 2. The van der Waals surface area contributed by atoms with Crippen molar-refractivity contribution in [3.63, 3.8) is 0 Å². The molecule has 1 unspecified atom stereocenters. The minimum atomic E-state index is -3.06. The first-order valence-electron chi connectivity index (χ1n) is 6.53. The first-order valence-corrected chi connectivity index (χ1v) is 8.36. The van der Waals surface area contributed by atoms with Crippen LogP contribution in [0.3, 0.4) is 0 Å². The molecule has 3 rings (SSSR count). The zero-order valence-electron chi connectivity index (χ0n) is 11.2. The Morgan fingerprint density at radius 2 is 2.00 bits per heavy atom. The van der Waals surface area contributed by atoms with Gasteiger partial charge in [0.25, 0.3) is 5.56 Å². The minimum Gasteiger partial charge on any atom is -0.393 e. The predicted octanol–water partition coefficient (Wildman–Crippen LogP) is 0.180. The van der Waals surface area contributed by atoms with Crippen molar-refractivity contribution in [2.45, 2.75) is 37.6 Å². The zero-order valence-corrected chi connectivity index (χ0v) is 12.0. The standard InChI is InChI=1S/C12H19N3O3S/c1-12(5-6-19(17,18)7-12)15-11(16)9(13)10(14(15)2)8-3-4-8/h8H,3-7,13H2,1-2H3. The van der Waals surface area contributed by atoms with Gasteiger partial charge in [-0.15, -0.1) is 0 Å². The summed E-state index contributed by atoms with van der Waals surface area (Å²) in [5.74, 6) is 0.515. The molecule has 19 heavy (non-hydrogen) atoms. The highest BCUT2D eigenvalue weighted by atomic mass is 32.2. The van der Waals surface area contributed by atoms with E-state index in [0.29, 0.717) is 12.3 Å². The van der Waals surface area contributed by atoms with E-state index >= 15 is 0 Å². The summed E-state index contributed by atoms with van der Waals surface area (Å²) < 4.78 is 26.8. The van der Waals surface area contributed by atoms with Gasteiger partial charge < -0.3 is 5.73 Å². The van der Waals surface area contributed by atoms with Gasteiger partial charge in [0.2, 0.25) is 0 Å². The van der Waals surface area contributed by atoms with Crippen molar-refractivity contribution in [2.24, 2.45) is 7.05 Å². The molecule has 6 nitrogen and oxygen atoms in total. The van der Waals surface area contributed by atoms with E-state index in [1.54, 1.807) is 9.36 Å². The highest BCUT2D eigenvalue weighted by Crippen LogP contribution is 2.42. The minimum absolute atomic E-state index is 0.0152. The summed E-state index contributed by atoms with van der Waals surface area (Å²) in [6.45, 7) is 1.83. The van der Waals surface area contributed by atoms with Gasteiger partial charge in [-0.05, 0) is 26.2 Å². The largest absolute Gasteiger partial charge is 0.393 e. The maximum Gasteiger partial charge on any atom is 0.290 e. The summed E-state index contributed by atoms with van der Waals surface area (Å²) in [4.78, 5) is 12.4. The average molecular weight is 285 g/mol. The molecule has 2 heterocycles. The lowest BCUT2D eigenvalue weighted by molar-refractivity contribution is 0.277. The summed E-state index contributed by atoms with van der Waals surface area (Å²) in [6.07, 6.45) is 2.57. The van der Waals surface area contributed by atoms with E-state index < -0.39 is 15.4 Å². The van der Waals surface area contributed by atoms with Gasteiger partial charge in [0.1, 0.15) is 5.69 Å². The van der Waals surface area contributed by atoms with E-state index in [-0.39, 0.29) is 22.8 Å². The number of nitrogens with zero attached hydrogens (tertiary/aromatic N) is 2. The number of nitrogen functional groups attached to an aromatic ring is 1. The van der Waals surface area contributed by atoms with Crippen LogP contribution in [-0.4, -0.2) is 29.3 Å². The number of sulfone groups is 1. The molecule has 2 fully saturated rings. The Morgan fingerprint density at radius 3 is 2.47 bits per heavy atom. The van der Waals surface area contributed by atoms with Crippen LogP contribution >= 0.6 is 0 Å². The number of hydrogen-bond donors (Lipinski definition) is 1. The average Bonchev–Trinajstić information content (AvgIpc) is 3.02. The Balaban J connectivity index is 2.16. The van der Waals surface area contributed by atoms with Gasteiger partial charge in [-0.2, -0.15) is 0 Å². The molecule has 1 aliphatic carbocycles. The fourth-order valence-electron chi connectivity index (χ4n) is 3.25. The molecule has 2 aliphatic rings. The van der Waals surface area contributed by atoms with Gasteiger partial charge in [-0.3, -0.25) is 9.48 Å². The summed E-state index contributed by atoms with van der Waals surface area (Å²) in [5, 5.41) is 0. The van der Waals surface area contributed by atoms with Gasteiger partial charge in [0.05, 0.1) is 22.7 Å². The van der Waals surface area contributed by atoms with Crippen molar-refractivity contribution >= 4 is 15.5 Å². The van der Waals surface area contributed by atoms with E-state index in [1.807, 2.05) is 14.0 Å². The molecule has 1 aliphatic heterocycles. The summed E-state index contributed by atoms with van der Waals surface area (Å²) in [6, 6.07) is 0. The summed E-state index contributed by atoms with van der Waals surface area (Å²) >= 11 is 0. The molecular formula is C12H19N3O3S. The quantitative estimate of drug-likeness (QED) is 0.839. The molecule has 1 saturated carbocycles. The number of hydrogen-bond acceptors (Lipinski definition) is 4. The van der Waals surface area contributed by atoms with Crippen molar-refractivity contribution in [3.05, 3.63) is 16.0 Å². The lowest BCUT2D eigenvalue weighted by Gasteiger charge is -2.26. The molecule has 0 radical (unpaired) electrons. The highest BCUT2D eigenvalue weighted by Gasteiger charge is 2.44. The molecule has 0 amide bonds. The van der Waals surface area contributed by atoms with E-state index in [9.17, 15) is 13.2 Å². The lowest BCUT2D eigenvalue weighted by atomic mass is 10.0. The van der Waals surface area contributed by atoms with Gasteiger partial charge >= 0.3 is 0 Å². The fourth-order valence-corrected chi connectivity index (χ4v) is 5.36. The second-order valence-corrected chi connectivity index (χ2v) is 8.24. The van der Waals surface area contributed by atoms with Gasteiger partial charge in [-0.1, -0.05) is 0 Å². The van der Waals surface area contributed by atoms with E-state index in [0.717, 1.165) is 18.5 Å². The monoisotopic (exact) mass is 285 g/mol. The van der Waals surface area contributed by atoms with Crippen LogP contribution in [0, 0.1) is 0 Å². The van der Waals surface area contributed by atoms with Gasteiger partial charge in [0, 0.05) is 13.0 Å². The van der Waals surface area contributed by atoms with E-state index in [4.69, 9.17) is 5.73 Å². The predicted molar refractivity (Wildman–Crippen MR) is 73.0 cm³/mol. The highest BCUT2D eigenvalue weighted by molar-refractivity contribution is 7.91. The van der Waals surface area contributed by atoms with Crippen LogP contribution in [-0.2, 0) is 22.4 Å². The first-order chi connectivity index (χ1) is 8.75. The third kappa shape index (κ3) is 1.82. The molecule has 106 valence electrons. The summed E-state index contributed by atoms with van der Waals surface area (Å²) in [5.41, 5.74) is 6.17. The van der Waals surface area contributed by atoms with Crippen molar-refractivity contribution in [3.8, 4) is 0 Å². The Morgan fingerprint density at radius 1 is 1.37 bits per heavy atom. The third-order valence-corrected chi connectivity index (χ3v) is 6.19. The Labute approximate surface area is 112 Å². The normalized spacial score (nSPS) is 29.8. The number of anilines is 1. The second kappa shape index (κ2) is 3.65. The lowest BCUT2D eigenvalue weighted by Crippen LogP contribution is -2.42. The molecule has 0 spiro atoms. The van der Waals surface area contributed by atoms with Crippen molar-refractivity contribution < 1.29 is 8.42 Å². The molecule has 1 aromatic heterocycles. The zero-order chi connectivity index (χ0) is 14.0. The molecule has 1 aromatic rings. The molecule has 0 bridgehead atoms. The van der Waals surface area contributed by atoms with Gasteiger partial charge in [-0.25, -0.2) is 13.1 Å². The van der Waals surface area contributed by atoms with Crippen molar-refractivity contribution in [1.29, 1.82) is 0 Å². The maximum atomic E-state index is 12.4. The molecule has 0 aromatic carbocycles. The topological polar surface area (TPSA) is 87.1 Å². The van der Waals surface area contributed by atoms with E-state index in [2.05, 4.69) is 0 Å². The van der Waals surface area contributed by atoms with Crippen LogP contribution in [0.4, 0.5) is 5.69 Å². The molecule has 1 atom stereocenters. The molecule has 2 N–H and O–H groups in total. The van der Waals surface area contributed by atoms with Crippen LogP contribution in [0.2, 0.25) is 0 Å². The number of nitrogens with two attached hydrogens (primary N) is 1. The first kappa shape index (κ1) is 12.8. The SMILES string of the molecule is Cn1c(C2CC2)c(N)c(=O)n1C1(C)CCS(=O)(=O)C1. The number of aromatic nitrogens is 2. The van der Waals surface area contributed by atoms with E-state index in [1.165, 1.54) is 0 Å². The third-order valence-electron chi connectivity index (χ3n) is 4.31. The molecule has 1 saturated heterocycles. The summed E-state index contributed by atoms with van der Waals surface area (Å²) in [7, 11) is -1.25. The van der Waals surface area contributed by atoms with Crippen LogP contribution in [0.1, 0.15) is 37.8 Å². The molecular weight excluding hydrogens is 266 g/mol. The second-order valence-electron chi connectivity index (χ2n) is 6.05. The van der Waals surface area contributed by atoms with Crippen LogP contribution in [0.5, 0.6) is 0 Å². The molecule has 7 heteroatoms. The Hall–Kier alpha value is -1.24. The smallest absolute Gasteiger partial charge is 0.290 e. The van der Waals surface area contributed by atoms with Crippen LogP contribution < -0.4 is 11.3 Å². The maximum absolute atomic E-state index is 12.4. The van der Waals surface area contributed by atoms with Crippen molar-refractivity contribution in [1.82, 2.24) is 9.36 Å². The van der Waals surface area contributed by atoms with Crippen LogP contribution in [0.15, 0.2) is 4.79 Å². The Bertz CT molecular complexity index is 697. The Kier molecular flexibility index (Phi) is 2.46.